The van der Waals surface area contributed by atoms with Crippen LogP contribution in [0.2, 0.25) is 0 Å². The van der Waals surface area contributed by atoms with Gasteiger partial charge >= 0.3 is 0 Å². The highest BCUT2D eigenvalue weighted by Gasteiger charge is 1.96. The van der Waals surface area contributed by atoms with Gasteiger partial charge in [0.05, 0.1) is 159 Å². The lowest BCUT2D eigenvalue weighted by atomic mass is 10.6. The molecule has 0 saturated carbocycles. The molecule has 0 aromatic rings. The lowest BCUT2D eigenvalue weighted by molar-refractivity contribution is -0.0281. The molecule has 0 rings (SSSR count). The van der Waals surface area contributed by atoms with E-state index in [0.717, 1.165) is 5.33 Å². The Morgan fingerprint density at radius 2 is 0.400 bits per heavy atom. The molecule has 0 spiro atoms. The molecule has 0 amide bonds. The van der Waals surface area contributed by atoms with Crippen LogP contribution >= 0.6 is 27.5 Å². The average molecular weight is 672 g/mol. The van der Waals surface area contributed by atoms with Gasteiger partial charge in [-0.25, -0.2) is 0 Å². The molecule has 0 aromatic heterocycles. The lowest BCUT2D eigenvalue weighted by Crippen LogP contribution is -2.15. The number of rotatable bonds is 37. The first-order valence-electron chi connectivity index (χ1n) is 14.0. The summed E-state index contributed by atoms with van der Waals surface area (Å²) in [6, 6.07) is 0. The van der Waals surface area contributed by atoms with Crippen LogP contribution in [0.15, 0.2) is 0 Å². The van der Waals surface area contributed by atoms with Crippen molar-refractivity contribution in [2.45, 2.75) is 0 Å². The summed E-state index contributed by atoms with van der Waals surface area (Å²) in [5, 5.41) is 0.838. The molecule has 0 aliphatic rings. The predicted octanol–water partition coefficient (Wildman–Crippen LogP) is 1.82. The zero-order chi connectivity index (χ0) is 28.9. The van der Waals surface area contributed by atoms with E-state index in [1.165, 1.54) is 0 Å². The Balaban J connectivity index is 3.01. The number of ether oxygens (including phenoxy) is 12. The first-order valence-corrected chi connectivity index (χ1v) is 15.6. The zero-order valence-corrected chi connectivity index (χ0v) is 26.4. The van der Waals surface area contributed by atoms with E-state index in [0.29, 0.717) is 164 Å². The molecular weight excluding hydrogens is 620 g/mol. The van der Waals surface area contributed by atoms with Gasteiger partial charge in [-0.2, -0.15) is 0 Å². The molecule has 0 fully saturated rings. The molecule has 0 radical (unpaired) electrons. The van der Waals surface area contributed by atoms with Crippen molar-refractivity contribution in [3.05, 3.63) is 0 Å². The third-order valence-electron chi connectivity index (χ3n) is 4.54. The fourth-order valence-corrected chi connectivity index (χ4v) is 2.97. The molecule has 12 nitrogen and oxygen atoms in total. The SMILES string of the molecule is ClCCOCCOCCOCCOCCOCCOCCOCCOCCOCCOCCOCCOCCBr. The second-order valence-electron chi connectivity index (χ2n) is 7.73. The smallest absolute Gasteiger partial charge is 0.0701 e. The molecule has 0 atom stereocenters. The number of hydrogen-bond donors (Lipinski definition) is 0. The fraction of sp³-hybridized carbons (Fsp3) is 1.00. The molecule has 0 N–H and O–H groups in total. The van der Waals surface area contributed by atoms with Crippen molar-refractivity contribution in [1.29, 1.82) is 0 Å². The topological polar surface area (TPSA) is 111 Å². The van der Waals surface area contributed by atoms with E-state index < -0.39 is 0 Å². The van der Waals surface area contributed by atoms with Gasteiger partial charge in [0.2, 0.25) is 0 Å². The standard InChI is InChI=1S/C26H52BrClO12/c27-1-3-29-5-7-31-9-11-33-13-15-35-17-19-37-21-23-39-25-26-40-24-22-38-20-18-36-16-14-34-12-10-32-8-6-30-4-2-28/h1-26H2. The average Bonchev–Trinajstić information content (AvgIpc) is 2.97. The monoisotopic (exact) mass is 670 g/mol. The second-order valence-corrected chi connectivity index (χ2v) is 8.90. The Labute approximate surface area is 253 Å². The molecule has 0 aliphatic carbocycles. The third kappa shape index (κ3) is 38.3. The van der Waals surface area contributed by atoms with E-state index in [-0.39, 0.29) is 0 Å². The van der Waals surface area contributed by atoms with Crippen molar-refractivity contribution in [3.8, 4) is 0 Å². The summed E-state index contributed by atoms with van der Waals surface area (Å²) in [5.74, 6) is 0.499. The van der Waals surface area contributed by atoms with Crippen molar-refractivity contribution < 1.29 is 56.8 Å². The summed E-state index contributed by atoms with van der Waals surface area (Å²) in [6.45, 7) is 13.0. The molecule has 0 bridgehead atoms. The van der Waals surface area contributed by atoms with Crippen molar-refractivity contribution in [3.63, 3.8) is 0 Å². The van der Waals surface area contributed by atoms with Crippen LogP contribution < -0.4 is 0 Å². The van der Waals surface area contributed by atoms with E-state index in [9.17, 15) is 0 Å². The molecule has 14 heteroatoms. The lowest BCUT2D eigenvalue weighted by Gasteiger charge is -2.09. The van der Waals surface area contributed by atoms with Gasteiger partial charge < -0.3 is 56.8 Å². The van der Waals surface area contributed by atoms with Crippen molar-refractivity contribution in [2.24, 2.45) is 0 Å². The van der Waals surface area contributed by atoms with E-state index in [4.69, 9.17) is 68.4 Å². The summed E-state index contributed by atoms with van der Waals surface area (Å²) >= 11 is 8.80. The zero-order valence-electron chi connectivity index (χ0n) is 24.0. The van der Waals surface area contributed by atoms with Gasteiger partial charge in [-0.1, -0.05) is 15.9 Å². The van der Waals surface area contributed by atoms with Crippen molar-refractivity contribution in [2.75, 3.05) is 170 Å². The van der Waals surface area contributed by atoms with Gasteiger partial charge in [-0.15, -0.1) is 11.6 Å². The van der Waals surface area contributed by atoms with Crippen LogP contribution in [-0.2, 0) is 56.8 Å². The van der Waals surface area contributed by atoms with Crippen LogP contribution in [0.4, 0.5) is 0 Å². The van der Waals surface area contributed by atoms with E-state index in [2.05, 4.69) is 15.9 Å². The second kappa shape index (κ2) is 39.3. The van der Waals surface area contributed by atoms with E-state index in [1.807, 2.05) is 0 Å². The molecule has 40 heavy (non-hydrogen) atoms. The maximum Gasteiger partial charge on any atom is 0.0701 e. The Morgan fingerprint density at radius 3 is 0.550 bits per heavy atom. The van der Waals surface area contributed by atoms with Crippen LogP contribution in [0.25, 0.3) is 0 Å². The molecule has 0 unspecified atom stereocenters. The van der Waals surface area contributed by atoms with Crippen LogP contribution in [0, 0.1) is 0 Å². The van der Waals surface area contributed by atoms with Crippen LogP contribution in [0.3, 0.4) is 0 Å². The minimum atomic E-state index is 0.499. The van der Waals surface area contributed by atoms with Gasteiger partial charge in [-0.05, 0) is 0 Å². The van der Waals surface area contributed by atoms with Crippen LogP contribution in [0.1, 0.15) is 0 Å². The summed E-state index contributed by atoms with van der Waals surface area (Å²) in [6.07, 6.45) is 0. The Morgan fingerprint density at radius 1 is 0.250 bits per heavy atom. The summed E-state index contributed by atoms with van der Waals surface area (Å²) < 4.78 is 64.8. The highest BCUT2D eigenvalue weighted by Crippen LogP contribution is 1.88. The number of alkyl halides is 2. The van der Waals surface area contributed by atoms with Crippen molar-refractivity contribution >= 4 is 27.5 Å². The molecule has 242 valence electrons. The van der Waals surface area contributed by atoms with E-state index >= 15 is 0 Å². The Hall–Kier alpha value is 0.290. The Bertz CT molecular complexity index is 408. The highest BCUT2D eigenvalue weighted by atomic mass is 79.9. The summed E-state index contributed by atoms with van der Waals surface area (Å²) in [7, 11) is 0. The van der Waals surface area contributed by atoms with E-state index in [1.54, 1.807) is 0 Å². The minimum Gasteiger partial charge on any atom is -0.378 e. The molecule has 0 heterocycles. The van der Waals surface area contributed by atoms with Gasteiger partial charge in [0, 0.05) is 11.2 Å². The largest absolute Gasteiger partial charge is 0.378 e. The molecule has 0 saturated heterocycles. The quantitative estimate of drug-likeness (QED) is 0.0710. The summed E-state index contributed by atoms with van der Waals surface area (Å²) in [5.41, 5.74) is 0. The molecular formula is C26H52BrClO12. The maximum absolute atomic E-state index is 5.50. The number of hydrogen-bond acceptors (Lipinski definition) is 12. The van der Waals surface area contributed by atoms with Crippen LogP contribution in [-0.4, -0.2) is 170 Å². The fourth-order valence-electron chi connectivity index (χ4n) is 2.63. The Kier molecular flexibility index (Phi) is 39.6. The molecule has 0 aromatic carbocycles. The van der Waals surface area contributed by atoms with Gasteiger partial charge in [0.15, 0.2) is 0 Å². The third-order valence-corrected chi connectivity index (χ3v) is 5.01. The summed E-state index contributed by atoms with van der Waals surface area (Å²) in [4.78, 5) is 0. The van der Waals surface area contributed by atoms with Gasteiger partial charge in [0.25, 0.3) is 0 Å². The first kappa shape index (κ1) is 40.3. The van der Waals surface area contributed by atoms with Crippen molar-refractivity contribution in [1.82, 2.24) is 0 Å². The van der Waals surface area contributed by atoms with Crippen LogP contribution in [0.5, 0.6) is 0 Å². The minimum absolute atomic E-state index is 0.499. The normalized spacial score (nSPS) is 11.6. The number of halogens is 2. The molecule has 0 aliphatic heterocycles. The van der Waals surface area contributed by atoms with Gasteiger partial charge in [0.1, 0.15) is 0 Å². The highest BCUT2D eigenvalue weighted by molar-refractivity contribution is 9.09. The van der Waals surface area contributed by atoms with Gasteiger partial charge in [-0.3, -0.25) is 0 Å². The maximum atomic E-state index is 5.50. The first-order chi connectivity index (χ1) is 19.9. The predicted molar refractivity (Wildman–Crippen MR) is 154 cm³/mol.